The Balaban J connectivity index is 1.52. The maximum atomic E-state index is 12.9. The maximum absolute atomic E-state index is 12.9. The molecule has 27 heavy (non-hydrogen) atoms. The van der Waals surface area contributed by atoms with Gasteiger partial charge in [0.25, 0.3) is 0 Å². The van der Waals surface area contributed by atoms with Gasteiger partial charge in [-0.05, 0) is 75.1 Å². The molecule has 4 heteroatoms. The number of phenolic OH excluding ortho intramolecular Hbond substituents is 1. The van der Waals surface area contributed by atoms with Crippen LogP contribution < -0.4 is 0 Å². The average Bonchev–Trinajstić information content (AvgIpc) is 2.65. The Hall–Kier alpha value is -1.55. The molecule has 1 N–H and O–H groups in total. The number of hydrogen-bond acceptors (Lipinski definition) is 3. The molecule has 2 heterocycles. The second kappa shape index (κ2) is 8.64. The van der Waals surface area contributed by atoms with Gasteiger partial charge in [-0.25, -0.2) is 0 Å². The number of likely N-dealkylation sites (tertiary alicyclic amines) is 2. The monoisotopic (exact) mass is 372 g/mol. The summed E-state index contributed by atoms with van der Waals surface area (Å²) in [4.78, 5) is 17.7. The van der Waals surface area contributed by atoms with Crippen LogP contribution in [0.5, 0.6) is 5.75 Å². The third kappa shape index (κ3) is 4.84. The standard InChI is InChI=1S/C23H36N2O2/c1-16-6-5-9-25(15-16)21-7-10-24(11-8-21)23(27)19(4)14-20-12-17(2)22(26)18(3)13-20/h12-13,16,19,21,26H,5-11,14-15H2,1-4H3/t16-,19+/m0/s1. The van der Waals surface area contributed by atoms with Gasteiger partial charge in [-0.3, -0.25) is 9.69 Å². The normalized spacial score (nSPS) is 23.4. The highest BCUT2D eigenvalue weighted by Crippen LogP contribution is 2.26. The third-order valence-electron chi connectivity index (χ3n) is 6.50. The molecule has 0 radical (unpaired) electrons. The van der Waals surface area contributed by atoms with E-state index >= 15 is 0 Å². The van der Waals surface area contributed by atoms with Crippen molar-refractivity contribution in [2.24, 2.45) is 11.8 Å². The molecular formula is C23H36N2O2. The molecule has 0 aromatic heterocycles. The minimum Gasteiger partial charge on any atom is -0.507 e. The summed E-state index contributed by atoms with van der Waals surface area (Å²) in [7, 11) is 0. The summed E-state index contributed by atoms with van der Waals surface area (Å²) < 4.78 is 0. The smallest absolute Gasteiger partial charge is 0.225 e. The van der Waals surface area contributed by atoms with E-state index in [2.05, 4.69) is 16.7 Å². The van der Waals surface area contributed by atoms with Gasteiger partial charge in [-0.2, -0.15) is 0 Å². The lowest BCUT2D eigenvalue weighted by molar-refractivity contribution is -0.136. The van der Waals surface area contributed by atoms with Crippen LogP contribution in [0.2, 0.25) is 0 Å². The number of piperidine rings is 2. The summed E-state index contributed by atoms with van der Waals surface area (Å²) in [6, 6.07) is 4.68. The van der Waals surface area contributed by atoms with E-state index in [1.807, 2.05) is 32.9 Å². The second-order valence-corrected chi connectivity index (χ2v) is 8.98. The molecule has 0 spiro atoms. The van der Waals surface area contributed by atoms with E-state index in [1.165, 1.54) is 25.9 Å². The van der Waals surface area contributed by atoms with E-state index in [0.717, 1.165) is 55.0 Å². The highest BCUT2D eigenvalue weighted by Gasteiger charge is 2.30. The number of rotatable bonds is 4. The predicted molar refractivity (Wildman–Crippen MR) is 110 cm³/mol. The number of nitrogens with zero attached hydrogens (tertiary/aromatic N) is 2. The fraction of sp³-hybridized carbons (Fsp3) is 0.696. The lowest BCUT2D eigenvalue weighted by atomic mass is 9.93. The van der Waals surface area contributed by atoms with Gasteiger partial charge >= 0.3 is 0 Å². The summed E-state index contributed by atoms with van der Waals surface area (Å²) in [5.41, 5.74) is 2.92. The highest BCUT2D eigenvalue weighted by molar-refractivity contribution is 5.79. The van der Waals surface area contributed by atoms with Crippen molar-refractivity contribution in [3.8, 4) is 5.75 Å². The van der Waals surface area contributed by atoms with E-state index < -0.39 is 0 Å². The zero-order chi connectivity index (χ0) is 19.6. The molecule has 1 amide bonds. The van der Waals surface area contributed by atoms with Crippen LogP contribution in [0.3, 0.4) is 0 Å². The van der Waals surface area contributed by atoms with E-state index in [4.69, 9.17) is 0 Å². The van der Waals surface area contributed by atoms with Gasteiger partial charge < -0.3 is 10.0 Å². The molecular weight excluding hydrogens is 336 g/mol. The van der Waals surface area contributed by atoms with Gasteiger partial charge in [0.1, 0.15) is 5.75 Å². The van der Waals surface area contributed by atoms with Crippen LogP contribution in [0.1, 0.15) is 56.2 Å². The van der Waals surface area contributed by atoms with Crippen LogP contribution in [0.15, 0.2) is 12.1 Å². The van der Waals surface area contributed by atoms with Crippen molar-refractivity contribution in [1.82, 2.24) is 9.80 Å². The lowest BCUT2D eigenvalue weighted by Gasteiger charge is -2.42. The predicted octanol–water partition coefficient (Wildman–Crippen LogP) is 3.91. The van der Waals surface area contributed by atoms with Crippen LogP contribution >= 0.6 is 0 Å². The molecule has 2 aliphatic rings. The number of phenols is 1. The topological polar surface area (TPSA) is 43.8 Å². The zero-order valence-electron chi connectivity index (χ0n) is 17.5. The molecule has 2 saturated heterocycles. The summed E-state index contributed by atoms with van der Waals surface area (Å²) in [6.07, 6.45) is 5.65. The highest BCUT2D eigenvalue weighted by atomic mass is 16.3. The molecule has 2 aliphatic heterocycles. The zero-order valence-corrected chi connectivity index (χ0v) is 17.5. The third-order valence-corrected chi connectivity index (χ3v) is 6.50. The first-order valence-electron chi connectivity index (χ1n) is 10.7. The Morgan fingerprint density at radius 2 is 1.78 bits per heavy atom. The molecule has 3 rings (SSSR count). The van der Waals surface area contributed by atoms with Gasteiger partial charge in [0, 0.05) is 31.6 Å². The van der Waals surface area contributed by atoms with Crippen LogP contribution in [0, 0.1) is 25.7 Å². The number of amides is 1. The second-order valence-electron chi connectivity index (χ2n) is 8.98. The van der Waals surface area contributed by atoms with E-state index in [1.54, 1.807) is 0 Å². The van der Waals surface area contributed by atoms with Gasteiger partial charge in [-0.15, -0.1) is 0 Å². The van der Waals surface area contributed by atoms with Crippen LogP contribution in [0.4, 0.5) is 0 Å². The average molecular weight is 373 g/mol. The first-order valence-corrected chi connectivity index (χ1v) is 10.7. The number of aromatic hydroxyl groups is 1. The first kappa shape index (κ1) is 20.2. The van der Waals surface area contributed by atoms with Crippen LogP contribution in [0.25, 0.3) is 0 Å². The SMILES string of the molecule is Cc1cc(C[C@@H](C)C(=O)N2CCC(N3CCC[C@H](C)C3)CC2)cc(C)c1O. The Morgan fingerprint density at radius 3 is 2.37 bits per heavy atom. The molecule has 0 unspecified atom stereocenters. The van der Waals surface area contributed by atoms with Crippen molar-refractivity contribution in [3.63, 3.8) is 0 Å². The molecule has 1 aromatic rings. The fourth-order valence-corrected chi connectivity index (χ4v) is 4.92. The Morgan fingerprint density at radius 1 is 1.15 bits per heavy atom. The molecule has 0 saturated carbocycles. The number of carbonyl (C=O) groups excluding carboxylic acids is 1. The van der Waals surface area contributed by atoms with Gasteiger partial charge in [0.15, 0.2) is 0 Å². The number of hydrogen-bond donors (Lipinski definition) is 1. The fourth-order valence-electron chi connectivity index (χ4n) is 4.92. The molecule has 150 valence electrons. The first-order chi connectivity index (χ1) is 12.8. The van der Waals surface area contributed by atoms with Crippen molar-refractivity contribution < 1.29 is 9.90 Å². The quantitative estimate of drug-likeness (QED) is 0.871. The van der Waals surface area contributed by atoms with Gasteiger partial charge in [0.05, 0.1) is 0 Å². The van der Waals surface area contributed by atoms with E-state index in [-0.39, 0.29) is 11.8 Å². The van der Waals surface area contributed by atoms with Crippen molar-refractivity contribution in [1.29, 1.82) is 0 Å². The van der Waals surface area contributed by atoms with Gasteiger partial charge in [0.2, 0.25) is 5.91 Å². The number of benzene rings is 1. The minimum atomic E-state index is -0.0140. The number of carbonyl (C=O) groups is 1. The van der Waals surface area contributed by atoms with E-state index in [9.17, 15) is 9.90 Å². The van der Waals surface area contributed by atoms with Crippen LogP contribution in [-0.2, 0) is 11.2 Å². The molecule has 4 nitrogen and oxygen atoms in total. The van der Waals surface area contributed by atoms with Crippen molar-refractivity contribution in [2.45, 2.75) is 65.8 Å². The van der Waals surface area contributed by atoms with Crippen molar-refractivity contribution in [3.05, 3.63) is 28.8 Å². The molecule has 2 atom stereocenters. The van der Waals surface area contributed by atoms with E-state index in [0.29, 0.717) is 11.8 Å². The van der Waals surface area contributed by atoms with Crippen molar-refractivity contribution in [2.75, 3.05) is 26.2 Å². The Kier molecular flexibility index (Phi) is 6.46. The maximum Gasteiger partial charge on any atom is 0.225 e. The van der Waals surface area contributed by atoms with Crippen molar-refractivity contribution >= 4 is 5.91 Å². The Bertz CT molecular complexity index is 641. The van der Waals surface area contributed by atoms with Gasteiger partial charge in [-0.1, -0.05) is 26.0 Å². The number of aryl methyl sites for hydroxylation is 2. The molecule has 0 aliphatic carbocycles. The molecule has 0 bridgehead atoms. The molecule has 2 fully saturated rings. The largest absolute Gasteiger partial charge is 0.507 e. The summed E-state index contributed by atoms with van der Waals surface area (Å²) in [6.45, 7) is 12.5. The summed E-state index contributed by atoms with van der Waals surface area (Å²) in [5, 5.41) is 9.95. The van der Waals surface area contributed by atoms with Crippen LogP contribution in [-0.4, -0.2) is 53.0 Å². The lowest BCUT2D eigenvalue weighted by Crippen LogP contribution is -2.50. The Labute approximate surface area is 164 Å². The minimum absolute atomic E-state index is 0.0140. The molecule has 1 aromatic carbocycles. The summed E-state index contributed by atoms with van der Waals surface area (Å²) >= 11 is 0. The summed E-state index contributed by atoms with van der Waals surface area (Å²) in [5.74, 6) is 1.45.